The Morgan fingerprint density at radius 2 is 1.52 bits per heavy atom. The summed E-state index contributed by atoms with van der Waals surface area (Å²) in [5.41, 5.74) is 4.98. The van der Waals surface area contributed by atoms with Gasteiger partial charge in [0, 0.05) is 74.3 Å². The largest absolute Gasteiger partial charge is 0.367 e. The van der Waals surface area contributed by atoms with Gasteiger partial charge in [0.25, 0.3) is 5.69 Å². The predicted octanol–water partition coefficient (Wildman–Crippen LogP) is 7.12. The molecule has 0 N–H and O–H groups in total. The number of fused-ring (bicyclic) bond motifs is 1. The lowest BCUT2D eigenvalue weighted by Gasteiger charge is -2.37. The van der Waals surface area contributed by atoms with E-state index in [0.29, 0.717) is 37.7 Å². The molecule has 2 heterocycles. The molecule has 1 saturated heterocycles. The molecule has 0 spiro atoms. The number of nitro groups is 1. The fraction of sp³-hybridized carbons (Fsp3) is 0.206. The van der Waals surface area contributed by atoms with E-state index in [1.54, 1.807) is 12.1 Å². The first-order valence-electron chi connectivity index (χ1n) is 14.1. The number of aromatic nitrogens is 1. The van der Waals surface area contributed by atoms with Crippen molar-refractivity contribution in [1.82, 2.24) is 9.47 Å². The van der Waals surface area contributed by atoms with E-state index in [4.69, 9.17) is 11.6 Å². The van der Waals surface area contributed by atoms with Crippen molar-refractivity contribution in [1.29, 1.82) is 0 Å². The number of piperazine rings is 1. The van der Waals surface area contributed by atoms with Gasteiger partial charge in [0.2, 0.25) is 5.91 Å². The van der Waals surface area contributed by atoms with Crippen molar-refractivity contribution in [2.75, 3.05) is 31.1 Å². The standard InChI is InChI=1S/C34H31ClN4O3/c35-31-13-7-8-14-33(31)36-17-19-37(20-18-36)34(40)22-28(26-11-5-2-6-12-26)30-24-38(23-25-9-3-1-4-10-25)32-16-15-27(39(41)42)21-29(30)32/h1-16,21,24,28H,17-20,22-23H2/t28-/m0/s1. The van der Waals surface area contributed by atoms with Crippen LogP contribution in [0.5, 0.6) is 0 Å². The summed E-state index contributed by atoms with van der Waals surface area (Å²) in [4.78, 5) is 29.4. The number of hydrogen-bond acceptors (Lipinski definition) is 4. The molecule has 1 aromatic heterocycles. The van der Waals surface area contributed by atoms with Crippen molar-refractivity contribution >= 4 is 39.8 Å². The molecule has 0 radical (unpaired) electrons. The zero-order valence-electron chi connectivity index (χ0n) is 23.1. The Balaban J connectivity index is 1.33. The Morgan fingerprint density at radius 3 is 2.21 bits per heavy atom. The van der Waals surface area contributed by atoms with Gasteiger partial charge in [-0.15, -0.1) is 0 Å². The number of halogens is 1. The second-order valence-electron chi connectivity index (χ2n) is 10.6. The number of para-hydroxylation sites is 1. The third-order valence-corrected chi connectivity index (χ3v) is 8.40. The van der Waals surface area contributed by atoms with E-state index in [0.717, 1.165) is 33.3 Å². The zero-order chi connectivity index (χ0) is 29.1. The van der Waals surface area contributed by atoms with E-state index in [1.807, 2.05) is 83.8 Å². The molecule has 0 saturated carbocycles. The van der Waals surface area contributed by atoms with Gasteiger partial charge in [-0.2, -0.15) is 0 Å². The van der Waals surface area contributed by atoms with Gasteiger partial charge in [-0.3, -0.25) is 14.9 Å². The first-order chi connectivity index (χ1) is 20.5. The number of nitro benzene ring substituents is 1. The lowest BCUT2D eigenvalue weighted by molar-refractivity contribution is -0.384. The summed E-state index contributed by atoms with van der Waals surface area (Å²) < 4.78 is 2.13. The summed E-state index contributed by atoms with van der Waals surface area (Å²) in [7, 11) is 0. The molecule has 7 nitrogen and oxygen atoms in total. The highest BCUT2D eigenvalue weighted by molar-refractivity contribution is 6.33. The molecule has 8 heteroatoms. The van der Waals surface area contributed by atoms with Crippen molar-refractivity contribution < 1.29 is 9.72 Å². The summed E-state index contributed by atoms with van der Waals surface area (Å²) in [5.74, 6) is -0.195. The number of carbonyl (C=O) groups is 1. The third kappa shape index (κ3) is 5.74. The Kier molecular flexibility index (Phi) is 7.93. The molecule has 1 fully saturated rings. The van der Waals surface area contributed by atoms with E-state index in [1.165, 1.54) is 0 Å². The van der Waals surface area contributed by atoms with Gasteiger partial charge in [0.1, 0.15) is 0 Å². The number of nitrogens with zero attached hydrogens (tertiary/aromatic N) is 4. The predicted molar refractivity (Wildman–Crippen MR) is 167 cm³/mol. The number of amides is 1. The molecule has 0 unspecified atom stereocenters. The van der Waals surface area contributed by atoms with E-state index in [9.17, 15) is 14.9 Å². The maximum absolute atomic E-state index is 13.8. The number of non-ortho nitro benzene ring substituents is 1. The zero-order valence-corrected chi connectivity index (χ0v) is 23.9. The normalized spacial score (nSPS) is 14.2. The molecule has 42 heavy (non-hydrogen) atoms. The Bertz CT molecular complexity index is 1710. The average Bonchev–Trinajstić information content (AvgIpc) is 3.38. The van der Waals surface area contributed by atoms with Gasteiger partial charge in [-0.1, -0.05) is 84.4 Å². The maximum Gasteiger partial charge on any atom is 0.270 e. The second kappa shape index (κ2) is 12.1. The van der Waals surface area contributed by atoms with Crippen LogP contribution in [0.4, 0.5) is 11.4 Å². The molecular formula is C34H31ClN4O3. The number of carbonyl (C=O) groups excluding carboxylic acids is 1. The van der Waals surface area contributed by atoms with Crippen LogP contribution in [0.25, 0.3) is 10.9 Å². The van der Waals surface area contributed by atoms with Crippen LogP contribution in [0.15, 0.2) is 109 Å². The minimum Gasteiger partial charge on any atom is -0.367 e. The molecule has 0 bridgehead atoms. The molecule has 6 rings (SSSR count). The highest BCUT2D eigenvalue weighted by Crippen LogP contribution is 2.37. The Hall–Kier alpha value is -4.62. The first-order valence-corrected chi connectivity index (χ1v) is 14.5. The van der Waals surface area contributed by atoms with Crippen LogP contribution in [0.3, 0.4) is 0 Å². The van der Waals surface area contributed by atoms with Crippen molar-refractivity contribution in [2.45, 2.75) is 18.9 Å². The molecule has 5 aromatic rings. The van der Waals surface area contributed by atoms with Crippen LogP contribution >= 0.6 is 11.6 Å². The molecule has 1 amide bonds. The quantitative estimate of drug-likeness (QED) is 0.145. The second-order valence-corrected chi connectivity index (χ2v) is 11.1. The Morgan fingerprint density at radius 1 is 0.857 bits per heavy atom. The lowest BCUT2D eigenvalue weighted by Crippen LogP contribution is -2.49. The average molecular weight is 579 g/mol. The summed E-state index contributed by atoms with van der Waals surface area (Å²) in [5, 5.41) is 13.3. The van der Waals surface area contributed by atoms with Gasteiger partial charge < -0.3 is 14.4 Å². The van der Waals surface area contributed by atoms with E-state index >= 15 is 0 Å². The van der Waals surface area contributed by atoms with Crippen molar-refractivity contribution in [3.63, 3.8) is 0 Å². The van der Waals surface area contributed by atoms with Gasteiger partial charge in [0.05, 0.1) is 15.6 Å². The minimum atomic E-state index is -0.362. The smallest absolute Gasteiger partial charge is 0.270 e. The molecule has 1 aliphatic heterocycles. The van der Waals surface area contributed by atoms with Gasteiger partial charge >= 0.3 is 0 Å². The van der Waals surface area contributed by atoms with Gasteiger partial charge in [-0.05, 0) is 34.9 Å². The van der Waals surface area contributed by atoms with Gasteiger partial charge in [-0.25, -0.2) is 0 Å². The van der Waals surface area contributed by atoms with Crippen LogP contribution in [0.2, 0.25) is 5.02 Å². The lowest BCUT2D eigenvalue weighted by atomic mass is 9.87. The fourth-order valence-corrected chi connectivity index (χ4v) is 6.17. The van der Waals surface area contributed by atoms with Crippen molar-refractivity contribution in [3.05, 3.63) is 141 Å². The summed E-state index contributed by atoms with van der Waals surface area (Å²) >= 11 is 6.43. The fourth-order valence-electron chi connectivity index (χ4n) is 5.92. The monoisotopic (exact) mass is 578 g/mol. The highest BCUT2D eigenvalue weighted by atomic mass is 35.5. The first kappa shape index (κ1) is 27.5. The molecule has 4 aromatic carbocycles. The molecular weight excluding hydrogens is 548 g/mol. The van der Waals surface area contributed by atoms with E-state index in [-0.39, 0.29) is 28.9 Å². The molecule has 1 aliphatic rings. The number of rotatable bonds is 8. The van der Waals surface area contributed by atoms with Crippen LogP contribution in [0, 0.1) is 10.1 Å². The van der Waals surface area contributed by atoms with E-state index in [2.05, 4.69) is 27.8 Å². The number of anilines is 1. The summed E-state index contributed by atoms with van der Waals surface area (Å²) in [6.45, 7) is 3.23. The van der Waals surface area contributed by atoms with Crippen LogP contribution < -0.4 is 4.90 Å². The minimum absolute atomic E-state index is 0.0371. The highest BCUT2D eigenvalue weighted by Gasteiger charge is 2.28. The topological polar surface area (TPSA) is 71.6 Å². The van der Waals surface area contributed by atoms with Crippen molar-refractivity contribution in [3.8, 4) is 0 Å². The van der Waals surface area contributed by atoms with Crippen LogP contribution in [-0.2, 0) is 11.3 Å². The number of hydrogen-bond donors (Lipinski definition) is 0. The van der Waals surface area contributed by atoms with Crippen molar-refractivity contribution in [2.24, 2.45) is 0 Å². The third-order valence-electron chi connectivity index (χ3n) is 8.08. The maximum atomic E-state index is 13.8. The van der Waals surface area contributed by atoms with Gasteiger partial charge in [0.15, 0.2) is 0 Å². The van der Waals surface area contributed by atoms with E-state index < -0.39 is 0 Å². The number of benzene rings is 4. The Labute approximate surface area is 249 Å². The molecule has 1 atom stereocenters. The SMILES string of the molecule is O=C(C[C@@H](c1ccccc1)c1cn(Cc2ccccc2)c2ccc([N+](=O)[O-])cc12)N1CCN(c2ccccc2Cl)CC1. The van der Waals surface area contributed by atoms with Crippen LogP contribution in [-0.4, -0.2) is 46.5 Å². The summed E-state index contributed by atoms with van der Waals surface area (Å²) in [6, 6.07) is 32.9. The van der Waals surface area contributed by atoms with Crippen LogP contribution in [0.1, 0.15) is 29.0 Å². The molecule has 212 valence electrons. The summed E-state index contributed by atoms with van der Waals surface area (Å²) in [6.07, 6.45) is 2.34. The molecule has 0 aliphatic carbocycles.